The molecule has 0 heterocycles. The third-order valence-electron chi connectivity index (χ3n) is 6.81. The molecule has 0 aliphatic carbocycles. The lowest BCUT2D eigenvalue weighted by Crippen LogP contribution is -2.71. The van der Waals surface area contributed by atoms with Gasteiger partial charge < -0.3 is 4.80 Å². The highest BCUT2D eigenvalue weighted by molar-refractivity contribution is 7.15. The maximum absolute atomic E-state index is 13.2. The first-order valence-corrected chi connectivity index (χ1v) is 21.3. The van der Waals surface area contributed by atoms with Crippen LogP contribution in [0, 0.1) is 0 Å². The van der Waals surface area contributed by atoms with Crippen LogP contribution in [-0.2, 0) is 0 Å². The average molecular weight is 465 g/mol. The first kappa shape index (κ1) is 27.9. The van der Waals surface area contributed by atoms with E-state index in [1.807, 2.05) is 0 Å². The summed E-state index contributed by atoms with van der Waals surface area (Å²) in [5.74, 6) is 1.34. The highest BCUT2D eigenvalue weighted by Crippen LogP contribution is 2.51. The van der Waals surface area contributed by atoms with Gasteiger partial charge >= 0.3 is 0 Å². The van der Waals surface area contributed by atoms with Gasteiger partial charge in [-0.15, -0.1) is 0 Å². The van der Waals surface area contributed by atoms with Crippen molar-refractivity contribution in [2.75, 3.05) is 0 Å². The first-order chi connectivity index (χ1) is 13.2. The van der Waals surface area contributed by atoms with Crippen LogP contribution in [0.15, 0.2) is 12.1 Å². The van der Waals surface area contributed by atoms with Crippen LogP contribution >= 0.6 is 0 Å². The van der Waals surface area contributed by atoms with Crippen LogP contribution in [0.5, 0.6) is 0 Å². The second kappa shape index (κ2) is 8.99. The summed E-state index contributed by atoms with van der Waals surface area (Å²) in [6, 6.07) is 4.90. The highest BCUT2D eigenvalue weighted by Gasteiger charge is 2.61. The minimum atomic E-state index is -2.88. The van der Waals surface area contributed by atoms with Crippen molar-refractivity contribution in [1.82, 2.24) is 0 Å². The molecule has 1 aromatic rings. The summed E-state index contributed by atoms with van der Waals surface area (Å²) in [7, 11) is -6.13. The molecule has 0 spiro atoms. The van der Waals surface area contributed by atoms with Gasteiger partial charge in [-0.1, -0.05) is 114 Å². The van der Waals surface area contributed by atoms with Crippen molar-refractivity contribution in [2.24, 2.45) is 0 Å². The SMILES string of the molecule is CC(C)c1cc(C(C)C)c([Si](O)(C([Si](C)(C)C)[Si](C)(C)C)C(C)(C)C)c(C(C)C)c1. The molecule has 0 saturated heterocycles. The summed E-state index contributed by atoms with van der Waals surface area (Å²) in [5, 5.41) is 1.30. The Kier molecular flexibility index (Phi) is 8.35. The van der Waals surface area contributed by atoms with Gasteiger partial charge in [-0.05, 0) is 49.5 Å². The lowest BCUT2D eigenvalue weighted by Gasteiger charge is -2.54. The molecular formula is C26H52OSi3. The maximum atomic E-state index is 13.2. The number of hydrogen-bond acceptors (Lipinski definition) is 1. The Morgan fingerprint density at radius 3 is 1.20 bits per heavy atom. The van der Waals surface area contributed by atoms with Crippen molar-refractivity contribution in [3.63, 3.8) is 0 Å². The zero-order chi connectivity index (χ0) is 24.0. The van der Waals surface area contributed by atoms with E-state index in [0.717, 1.165) is 0 Å². The Labute approximate surface area is 192 Å². The van der Waals surface area contributed by atoms with Crippen molar-refractivity contribution in [3.8, 4) is 0 Å². The highest BCUT2D eigenvalue weighted by atomic mass is 28.5. The van der Waals surface area contributed by atoms with Gasteiger partial charge in [-0.2, -0.15) is 0 Å². The molecule has 0 bridgehead atoms. The standard InChI is InChI=1S/C26H52OSi3/c1-18(2)21-16-22(19(3)4)24(23(17-21)20(5)6)30(27,26(7,8)9)25(28(10,11)12)29(13,14)15/h16-20,25,27H,1-15H3. The van der Waals surface area contributed by atoms with Crippen molar-refractivity contribution >= 4 is 29.7 Å². The molecule has 0 aliphatic rings. The quantitative estimate of drug-likeness (QED) is 0.404. The number of rotatable bonds is 7. The summed E-state index contributed by atoms with van der Waals surface area (Å²) in [5.41, 5.74) is 4.28. The Morgan fingerprint density at radius 2 is 1.00 bits per heavy atom. The molecule has 1 unspecified atom stereocenters. The van der Waals surface area contributed by atoms with Crippen molar-refractivity contribution < 1.29 is 4.80 Å². The molecule has 1 N–H and O–H groups in total. The van der Waals surface area contributed by atoms with Crippen LogP contribution in [0.3, 0.4) is 0 Å². The fourth-order valence-electron chi connectivity index (χ4n) is 5.90. The lowest BCUT2D eigenvalue weighted by atomic mass is 9.89. The molecule has 1 atom stereocenters. The normalized spacial score (nSPS) is 16.1. The molecule has 0 aliphatic heterocycles. The third-order valence-corrected chi connectivity index (χ3v) is 27.6. The summed E-state index contributed by atoms with van der Waals surface area (Å²) in [6.45, 7) is 35.9. The molecule has 0 amide bonds. The maximum Gasteiger partial charge on any atom is 0.223 e. The summed E-state index contributed by atoms with van der Waals surface area (Å²) >= 11 is 0. The number of hydrogen-bond donors (Lipinski definition) is 1. The van der Waals surface area contributed by atoms with Gasteiger partial charge in [0.15, 0.2) is 0 Å². The van der Waals surface area contributed by atoms with Crippen LogP contribution in [0.25, 0.3) is 0 Å². The van der Waals surface area contributed by atoms with Crippen molar-refractivity contribution in [3.05, 3.63) is 28.8 Å². The molecule has 0 saturated carbocycles. The topological polar surface area (TPSA) is 20.2 Å². The van der Waals surface area contributed by atoms with Crippen LogP contribution in [0.4, 0.5) is 0 Å². The average Bonchev–Trinajstić information content (AvgIpc) is 2.49. The van der Waals surface area contributed by atoms with Crippen LogP contribution in [-0.4, -0.2) is 29.3 Å². The second-order valence-electron chi connectivity index (χ2n) is 13.7. The van der Waals surface area contributed by atoms with E-state index in [4.69, 9.17) is 0 Å². The van der Waals surface area contributed by atoms with Crippen molar-refractivity contribution in [1.29, 1.82) is 0 Å². The van der Waals surface area contributed by atoms with Gasteiger partial charge in [0, 0.05) is 16.1 Å². The van der Waals surface area contributed by atoms with Crippen molar-refractivity contribution in [2.45, 2.75) is 129 Å². The predicted molar refractivity (Wildman–Crippen MR) is 146 cm³/mol. The van der Waals surface area contributed by atoms with E-state index in [1.165, 1.54) is 21.9 Å². The molecule has 0 radical (unpaired) electrons. The fraction of sp³-hybridized carbons (Fsp3) is 0.769. The number of benzene rings is 1. The molecule has 4 heteroatoms. The predicted octanol–water partition coefficient (Wildman–Crippen LogP) is 8.13. The van der Waals surface area contributed by atoms with E-state index in [1.54, 1.807) is 0 Å². The van der Waals surface area contributed by atoms with E-state index < -0.39 is 24.5 Å². The largest absolute Gasteiger partial charge is 0.427 e. The van der Waals surface area contributed by atoms with Crippen LogP contribution in [0.2, 0.25) is 49.1 Å². The summed E-state index contributed by atoms with van der Waals surface area (Å²) in [6.07, 6.45) is 0. The first-order valence-electron chi connectivity index (χ1n) is 12.1. The van der Waals surface area contributed by atoms with Crippen LogP contribution < -0.4 is 5.19 Å². The Balaban J connectivity index is 4.28. The van der Waals surface area contributed by atoms with Gasteiger partial charge in [0.2, 0.25) is 8.32 Å². The lowest BCUT2D eigenvalue weighted by molar-refractivity contribution is 0.485. The van der Waals surface area contributed by atoms with Gasteiger partial charge in [0.1, 0.15) is 0 Å². The van der Waals surface area contributed by atoms with Gasteiger partial charge in [-0.25, -0.2) is 0 Å². The molecule has 1 aromatic carbocycles. The van der Waals surface area contributed by atoms with E-state index in [-0.39, 0.29) is 5.04 Å². The Hall–Kier alpha value is -0.169. The molecule has 1 nitrogen and oxygen atoms in total. The summed E-state index contributed by atoms with van der Waals surface area (Å²) in [4.78, 5) is 13.7. The molecule has 0 aromatic heterocycles. The molecular weight excluding hydrogens is 413 g/mol. The minimum absolute atomic E-state index is 0.106. The van der Waals surface area contributed by atoms with Gasteiger partial charge in [-0.3, -0.25) is 0 Å². The van der Waals surface area contributed by atoms with E-state index in [2.05, 4.69) is 114 Å². The second-order valence-corrected chi connectivity index (χ2v) is 30.2. The molecule has 1 rings (SSSR count). The van der Waals surface area contributed by atoms with Gasteiger partial charge in [0.25, 0.3) is 0 Å². The Morgan fingerprint density at radius 1 is 0.667 bits per heavy atom. The van der Waals surface area contributed by atoms with E-state index in [9.17, 15) is 4.80 Å². The monoisotopic (exact) mass is 464 g/mol. The van der Waals surface area contributed by atoms with Crippen LogP contribution in [0.1, 0.15) is 96.8 Å². The zero-order valence-electron chi connectivity index (χ0n) is 22.9. The zero-order valence-corrected chi connectivity index (χ0v) is 25.9. The minimum Gasteiger partial charge on any atom is -0.427 e. The fourth-order valence-corrected chi connectivity index (χ4v) is 33.3. The van der Waals surface area contributed by atoms with E-state index >= 15 is 0 Å². The van der Waals surface area contributed by atoms with E-state index in [0.29, 0.717) is 22.5 Å². The van der Waals surface area contributed by atoms with Gasteiger partial charge in [0.05, 0.1) is 0 Å². The molecule has 174 valence electrons. The molecule has 30 heavy (non-hydrogen) atoms. The molecule has 0 fully saturated rings. The smallest absolute Gasteiger partial charge is 0.223 e. The third kappa shape index (κ3) is 5.41. The Bertz CT molecular complexity index is 687. The summed E-state index contributed by atoms with van der Waals surface area (Å²) < 4.78 is 0.